The summed E-state index contributed by atoms with van der Waals surface area (Å²) in [5.74, 6) is 2.06. The Bertz CT molecular complexity index is 159. The summed E-state index contributed by atoms with van der Waals surface area (Å²) in [7, 11) is 2.21. The standard InChI is InChI=1S/C11H24N2S/c1-9(8-14-3)13(2)7-6-11(12)10-4-5-10/h9-11H,4-8,12H2,1-3H3. The van der Waals surface area contributed by atoms with Crippen molar-refractivity contribution in [3.05, 3.63) is 0 Å². The lowest BCUT2D eigenvalue weighted by Gasteiger charge is -2.25. The maximum atomic E-state index is 6.07. The molecule has 1 fully saturated rings. The van der Waals surface area contributed by atoms with E-state index in [1.54, 1.807) is 0 Å². The largest absolute Gasteiger partial charge is 0.327 e. The van der Waals surface area contributed by atoms with Gasteiger partial charge in [0.2, 0.25) is 0 Å². The molecule has 2 nitrogen and oxygen atoms in total. The molecule has 3 heteroatoms. The van der Waals surface area contributed by atoms with E-state index in [1.807, 2.05) is 11.8 Å². The highest BCUT2D eigenvalue weighted by atomic mass is 32.2. The molecule has 0 amide bonds. The summed E-state index contributed by atoms with van der Waals surface area (Å²) in [5, 5.41) is 0. The average Bonchev–Trinajstić information content (AvgIpc) is 2.97. The van der Waals surface area contributed by atoms with Crippen LogP contribution in [0.25, 0.3) is 0 Å². The van der Waals surface area contributed by atoms with Crippen LogP contribution in [0, 0.1) is 5.92 Å². The maximum Gasteiger partial charge on any atom is 0.0154 e. The average molecular weight is 216 g/mol. The zero-order valence-electron chi connectivity index (χ0n) is 9.70. The van der Waals surface area contributed by atoms with E-state index in [1.165, 1.54) is 25.0 Å². The van der Waals surface area contributed by atoms with Gasteiger partial charge in [0, 0.05) is 17.8 Å². The van der Waals surface area contributed by atoms with Crippen molar-refractivity contribution in [3.8, 4) is 0 Å². The number of hydrogen-bond donors (Lipinski definition) is 1. The van der Waals surface area contributed by atoms with E-state index < -0.39 is 0 Å². The third-order valence-electron chi connectivity index (χ3n) is 3.20. The highest BCUT2D eigenvalue weighted by Gasteiger charge is 2.28. The SMILES string of the molecule is CSCC(C)N(C)CCC(N)C1CC1. The molecule has 0 aliphatic heterocycles. The first-order valence-electron chi connectivity index (χ1n) is 5.60. The first-order chi connectivity index (χ1) is 6.65. The molecule has 0 saturated heterocycles. The Kier molecular flexibility index (Phi) is 5.28. The third-order valence-corrected chi connectivity index (χ3v) is 4.02. The van der Waals surface area contributed by atoms with Gasteiger partial charge in [0.15, 0.2) is 0 Å². The third kappa shape index (κ3) is 4.20. The Hall–Kier alpha value is 0.270. The summed E-state index contributed by atoms with van der Waals surface area (Å²) in [6, 6.07) is 1.13. The Morgan fingerprint density at radius 3 is 2.64 bits per heavy atom. The molecule has 0 spiro atoms. The van der Waals surface area contributed by atoms with E-state index in [9.17, 15) is 0 Å². The van der Waals surface area contributed by atoms with Crippen LogP contribution in [0.3, 0.4) is 0 Å². The van der Waals surface area contributed by atoms with Crippen LogP contribution in [0.2, 0.25) is 0 Å². The molecule has 2 N–H and O–H groups in total. The second kappa shape index (κ2) is 5.99. The monoisotopic (exact) mass is 216 g/mol. The Labute approximate surface area is 92.6 Å². The molecule has 0 heterocycles. The lowest BCUT2D eigenvalue weighted by Crippen LogP contribution is -2.35. The number of nitrogens with two attached hydrogens (primary N) is 1. The second-order valence-electron chi connectivity index (χ2n) is 4.57. The van der Waals surface area contributed by atoms with Gasteiger partial charge in [-0.1, -0.05) is 0 Å². The molecule has 1 saturated carbocycles. The van der Waals surface area contributed by atoms with Gasteiger partial charge in [0.1, 0.15) is 0 Å². The molecule has 14 heavy (non-hydrogen) atoms. The summed E-state index contributed by atoms with van der Waals surface area (Å²) in [5.41, 5.74) is 6.07. The predicted molar refractivity (Wildman–Crippen MR) is 65.8 cm³/mol. The van der Waals surface area contributed by atoms with Crippen LogP contribution in [-0.2, 0) is 0 Å². The number of rotatable bonds is 7. The van der Waals surface area contributed by atoms with Crippen molar-refractivity contribution in [3.63, 3.8) is 0 Å². The normalized spacial score (nSPS) is 21.2. The molecule has 84 valence electrons. The van der Waals surface area contributed by atoms with Gasteiger partial charge in [-0.05, 0) is 52.0 Å². The van der Waals surface area contributed by atoms with Gasteiger partial charge in [-0.2, -0.15) is 11.8 Å². The van der Waals surface area contributed by atoms with Crippen molar-refractivity contribution < 1.29 is 0 Å². The van der Waals surface area contributed by atoms with Crippen molar-refractivity contribution in [1.82, 2.24) is 4.90 Å². The highest BCUT2D eigenvalue weighted by Crippen LogP contribution is 2.32. The molecule has 1 aliphatic carbocycles. The predicted octanol–water partition coefficient (Wildman–Crippen LogP) is 1.80. The Morgan fingerprint density at radius 1 is 1.50 bits per heavy atom. The van der Waals surface area contributed by atoms with Crippen LogP contribution in [0.15, 0.2) is 0 Å². The summed E-state index contributed by atoms with van der Waals surface area (Å²) < 4.78 is 0. The van der Waals surface area contributed by atoms with Gasteiger partial charge in [-0.15, -0.1) is 0 Å². The zero-order valence-corrected chi connectivity index (χ0v) is 10.5. The minimum atomic E-state index is 0.457. The van der Waals surface area contributed by atoms with Gasteiger partial charge in [0.25, 0.3) is 0 Å². The van der Waals surface area contributed by atoms with Crippen LogP contribution in [-0.4, -0.2) is 42.6 Å². The van der Waals surface area contributed by atoms with Crippen molar-refractivity contribution >= 4 is 11.8 Å². The first kappa shape index (κ1) is 12.3. The van der Waals surface area contributed by atoms with Crippen LogP contribution in [0.5, 0.6) is 0 Å². The molecule has 0 aromatic rings. The summed E-state index contributed by atoms with van der Waals surface area (Å²) in [6.07, 6.45) is 6.07. The molecule has 0 aromatic heterocycles. The molecule has 1 rings (SSSR count). The topological polar surface area (TPSA) is 29.3 Å². The van der Waals surface area contributed by atoms with Crippen molar-refractivity contribution in [2.24, 2.45) is 11.7 Å². The molecular formula is C11H24N2S. The van der Waals surface area contributed by atoms with Crippen LogP contribution >= 0.6 is 11.8 Å². The minimum absolute atomic E-state index is 0.457. The maximum absolute atomic E-state index is 6.07. The van der Waals surface area contributed by atoms with Gasteiger partial charge in [-0.25, -0.2) is 0 Å². The van der Waals surface area contributed by atoms with E-state index in [-0.39, 0.29) is 0 Å². The van der Waals surface area contributed by atoms with Crippen molar-refractivity contribution in [2.45, 2.75) is 38.3 Å². The highest BCUT2D eigenvalue weighted by molar-refractivity contribution is 7.98. The van der Waals surface area contributed by atoms with Gasteiger partial charge in [-0.3, -0.25) is 0 Å². The molecular weight excluding hydrogens is 192 g/mol. The van der Waals surface area contributed by atoms with Gasteiger partial charge >= 0.3 is 0 Å². The fourth-order valence-corrected chi connectivity index (χ4v) is 2.44. The zero-order chi connectivity index (χ0) is 10.6. The van der Waals surface area contributed by atoms with Gasteiger partial charge < -0.3 is 10.6 Å². The molecule has 0 aromatic carbocycles. The number of nitrogens with zero attached hydrogens (tertiary/aromatic N) is 1. The van der Waals surface area contributed by atoms with E-state index in [0.29, 0.717) is 12.1 Å². The van der Waals surface area contributed by atoms with E-state index >= 15 is 0 Å². The summed E-state index contributed by atoms with van der Waals surface area (Å²) in [4.78, 5) is 2.43. The van der Waals surface area contributed by atoms with Crippen LogP contribution in [0.4, 0.5) is 0 Å². The lowest BCUT2D eigenvalue weighted by atomic mass is 10.1. The quantitative estimate of drug-likeness (QED) is 0.703. The van der Waals surface area contributed by atoms with E-state index in [2.05, 4.69) is 25.1 Å². The van der Waals surface area contributed by atoms with Crippen LogP contribution in [0.1, 0.15) is 26.2 Å². The van der Waals surface area contributed by atoms with Crippen molar-refractivity contribution in [2.75, 3.05) is 25.6 Å². The molecule has 0 radical (unpaired) electrons. The first-order valence-corrected chi connectivity index (χ1v) is 6.99. The van der Waals surface area contributed by atoms with E-state index in [0.717, 1.165) is 12.5 Å². The fourth-order valence-electron chi connectivity index (χ4n) is 1.70. The molecule has 0 bridgehead atoms. The minimum Gasteiger partial charge on any atom is -0.327 e. The summed E-state index contributed by atoms with van der Waals surface area (Å²) >= 11 is 1.92. The number of hydrogen-bond acceptors (Lipinski definition) is 3. The molecule has 2 atom stereocenters. The Morgan fingerprint density at radius 2 is 2.14 bits per heavy atom. The second-order valence-corrected chi connectivity index (χ2v) is 5.49. The van der Waals surface area contributed by atoms with Crippen LogP contribution < -0.4 is 5.73 Å². The molecule has 1 aliphatic rings. The smallest absolute Gasteiger partial charge is 0.0154 e. The van der Waals surface area contributed by atoms with Gasteiger partial charge in [0.05, 0.1) is 0 Å². The fraction of sp³-hybridized carbons (Fsp3) is 1.00. The number of thioether (sulfide) groups is 1. The van der Waals surface area contributed by atoms with E-state index in [4.69, 9.17) is 5.73 Å². The lowest BCUT2D eigenvalue weighted by molar-refractivity contribution is 0.263. The summed E-state index contributed by atoms with van der Waals surface area (Å²) in [6.45, 7) is 3.44. The Balaban J connectivity index is 2.09. The van der Waals surface area contributed by atoms with Crippen molar-refractivity contribution in [1.29, 1.82) is 0 Å². The molecule has 2 unspecified atom stereocenters.